The molecular formula is C18H18O2. The molecule has 2 aromatic carbocycles. The first kappa shape index (κ1) is 12.9. The largest absolute Gasteiger partial charge is 0.466 e. The molecule has 0 amide bonds. The van der Waals surface area contributed by atoms with Crippen molar-refractivity contribution in [1.82, 2.24) is 0 Å². The van der Waals surface area contributed by atoms with Crippen molar-refractivity contribution in [3.8, 4) is 0 Å². The zero-order chi connectivity index (χ0) is 13.9. The van der Waals surface area contributed by atoms with Crippen molar-refractivity contribution >= 4 is 5.97 Å². The fraction of sp³-hybridized carbons (Fsp3) is 0.278. The van der Waals surface area contributed by atoms with Gasteiger partial charge in [-0.1, -0.05) is 54.6 Å². The predicted octanol–water partition coefficient (Wildman–Crippen LogP) is 3.55. The van der Waals surface area contributed by atoms with Gasteiger partial charge >= 0.3 is 5.97 Å². The summed E-state index contributed by atoms with van der Waals surface area (Å²) in [7, 11) is 0. The molecule has 0 N–H and O–H groups in total. The third-order valence-electron chi connectivity index (χ3n) is 3.98. The van der Waals surface area contributed by atoms with Crippen molar-refractivity contribution in [2.45, 2.75) is 19.3 Å². The molecule has 2 aromatic rings. The molecule has 0 aromatic heterocycles. The van der Waals surface area contributed by atoms with Crippen molar-refractivity contribution in [2.75, 3.05) is 6.61 Å². The number of carbonyl (C=O) groups is 1. The van der Waals surface area contributed by atoms with Gasteiger partial charge in [0.2, 0.25) is 0 Å². The minimum Gasteiger partial charge on any atom is -0.466 e. The lowest BCUT2D eigenvalue weighted by Crippen LogP contribution is -2.22. The van der Waals surface area contributed by atoms with Gasteiger partial charge in [0.25, 0.3) is 0 Å². The standard InChI is InChI=1S/C18H18O2/c1-2-20-18(19)16-12-14-10-6-7-11-15(14)17(16)13-8-4-3-5-9-13/h3-11,16-17H,2,12H2,1H3/t16-,17+/m1/s1. The van der Waals surface area contributed by atoms with E-state index in [2.05, 4.69) is 24.3 Å². The molecule has 20 heavy (non-hydrogen) atoms. The van der Waals surface area contributed by atoms with Crippen LogP contribution in [0.25, 0.3) is 0 Å². The third kappa shape index (κ3) is 2.22. The molecule has 0 fully saturated rings. The summed E-state index contributed by atoms with van der Waals surface area (Å²) >= 11 is 0. The maximum absolute atomic E-state index is 12.3. The van der Waals surface area contributed by atoms with Crippen LogP contribution in [0.1, 0.15) is 29.5 Å². The Labute approximate surface area is 119 Å². The predicted molar refractivity (Wildman–Crippen MR) is 78.6 cm³/mol. The quantitative estimate of drug-likeness (QED) is 0.794. The van der Waals surface area contributed by atoms with Crippen LogP contribution in [-0.2, 0) is 16.0 Å². The average Bonchev–Trinajstić information content (AvgIpc) is 2.88. The topological polar surface area (TPSA) is 26.3 Å². The van der Waals surface area contributed by atoms with Crippen LogP contribution >= 0.6 is 0 Å². The fourth-order valence-electron chi connectivity index (χ4n) is 3.14. The smallest absolute Gasteiger partial charge is 0.310 e. The Hall–Kier alpha value is -2.09. The molecule has 0 saturated carbocycles. The number of hydrogen-bond acceptors (Lipinski definition) is 2. The van der Waals surface area contributed by atoms with Gasteiger partial charge < -0.3 is 4.74 Å². The van der Waals surface area contributed by atoms with E-state index in [1.165, 1.54) is 16.7 Å². The van der Waals surface area contributed by atoms with Crippen LogP contribution < -0.4 is 0 Å². The van der Waals surface area contributed by atoms with Gasteiger partial charge in [-0.05, 0) is 30.0 Å². The van der Waals surface area contributed by atoms with Gasteiger partial charge in [-0.2, -0.15) is 0 Å². The maximum Gasteiger partial charge on any atom is 0.310 e. The summed E-state index contributed by atoms with van der Waals surface area (Å²) in [6.07, 6.45) is 0.772. The first-order valence-electron chi connectivity index (χ1n) is 7.10. The summed E-state index contributed by atoms with van der Waals surface area (Å²) in [5, 5.41) is 0. The number of hydrogen-bond donors (Lipinski definition) is 0. The molecule has 3 rings (SSSR count). The van der Waals surface area contributed by atoms with Crippen molar-refractivity contribution in [2.24, 2.45) is 5.92 Å². The fourth-order valence-corrected chi connectivity index (χ4v) is 3.14. The minimum atomic E-state index is -0.102. The van der Waals surface area contributed by atoms with Crippen molar-refractivity contribution in [1.29, 1.82) is 0 Å². The summed E-state index contributed by atoms with van der Waals surface area (Å²) in [4.78, 5) is 12.3. The lowest BCUT2D eigenvalue weighted by Gasteiger charge is -2.19. The second kappa shape index (κ2) is 5.49. The Morgan fingerprint density at radius 2 is 1.80 bits per heavy atom. The Morgan fingerprint density at radius 1 is 1.10 bits per heavy atom. The van der Waals surface area contributed by atoms with E-state index in [9.17, 15) is 4.79 Å². The molecule has 2 nitrogen and oxygen atoms in total. The Kier molecular flexibility index (Phi) is 3.55. The molecule has 2 heteroatoms. The average molecular weight is 266 g/mol. The first-order valence-corrected chi connectivity index (χ1v) is 7.10. The molecule has 0 saturated heterocycles. The molecule has 102 valence electrons. The van der Waals surface area contributed by atoms with Crippen LogP contribution in [0.3, 0.4) is 0 Å². The maximum atomic E-state index is 12.3. The molecule has 0 bridgehead atoms. The monoisotopic (exact) mass is 266 g/mol. The number of benzene rings is 2. The highest BCUT2D eigenvalue weighted by molar-refractivity contribution is 5.77. The van der Waals surface area contributed by atoms with E-state index in [-0.39, 0.29) is 17.8 Å². The molecule has 1 aliphatic rings. The SMILES string of the molecule is CCOC(=O)[C@@H]1Cc2ccccc2[C@@H]1c1ccccc1. The van der Waals surface area contributed by atoms with Gasteiger partial charge in [-0.25, -0.2) is 0 Å². The van der Waals surface area contributed by atoms with E-state index < -0.39 is 0 Å². The lowest BCUT2D eigenvalue weighted by atomic mass is 9.86. The highest BCUT2D eigenvalue weighted by Gasteiger charge is 2.38. The summed E-state index contributed by atoms with van der Waals surface area (Å²) in [5.41, 5.74) is 3.71. The van der Waals surface area contributed by atoms with Crippen LogP contribution in [0.4, 0.5) is 0 Å². The van der Waals surface area contributed by atoms with Gasteiger partial charge in [0, 0.05) is 5.92 Å². The molecular weight excluding hydrogens is 248 g/mol. The molecule has 0 radical (unpaired) electrons. The van der Waals surface area contributed by atoms with Gasteiger partial charge in [-0.15, -0.1) is 0 Å². The highest BCUT2D eigenvalue weighted by atomic mass is 16.5. The zero-order valence-corrected chi connectivity index (χ0v) is 11.6. The van der Waals surface area contributed by atoms with E-state index in [1.807, 2.05) is 37.3 Å². The van der Waals surface area contributed by atoms with Crippen molar-refractivity contribution < 1.29 is 9.53 Å². The summed E-state index contributed by atoms with van der Waals surface area (Å²) in [5.74, 6) is -0.0706. The highest BCUT2D eigenvalue weighted by Crippen LogP contribution is 2.42. The number of fused-ring (bicyclic) bond motifs is 1. The Bertz CT molecular complexity index is 604. The van der Waals surface area contributed by atoms with E-state index in [1.54, 1.807) is 0 Å². The van der Waals surface area contributed by atoms with E-state index >= 15 is 0 Å². The van der Waals surface area contributed by atoms with E-state index in [0.29, 0.717) is 6.61 Å². The van der Waals surface area contributed by atoms with Crippen LogP contribution in [0.5, 0.6) is 0 Å². The second-order valence-corrected chi connectivity index (χ2v) is 5.15. The first-order chi connectivity index (χ1) is 9.81. The molecule has 2 atom stereocenters. The minimum absolute atomic E-state index is 0.0856. The Balaban J connectivity index is 2.03. The summed E-state index contributed by atoms with van der Waals surface area (Å²) in [6.45, 7) is 2.30. The van der Waals surface area contributed by atoms with Crippen LogP contribution in [0.15, 0.2) is 54.6 Å². The molecule has 1 aliphatic carbocycles. The van der Waals surface area contributed by atoms with Crippen molar-refractivity contribution in [3.05, 3.63) is 71.3 Å². The molecule has 0 unspecified atom stereocenters. The van der Waals surface area contributed by atoms with Crippen molar-refractivity contribution in [3.63, 3.8) is 0 Å². The van der Waals surface area contributed by atoms with Gasteiger partial charge in [0.15, 0.2) is 0 Å². The van der Waals surface area contributed by atoms with Gasteiger partial charge in [0.05, 0.1) is 12.5 Å². The van der Waals surface area contributed by atoms with Gasteiger partial charge in [-0.3, -0.25) is 4.79 Å². The second-order valence-electron chi connectivity index (χ2n) is 5.15. The normalized spacial score (nSPS) is 20.4. The molecule has 0 aliphatic heterocycles. The lowest BCUT2D eigenvalue weighted by molar-refractivity contribution is -0.148. The zero-order valence-electron chi connectivity index (χ0n) is 11.6. The van der Waals surface area contributed by atoms with E-state index in [0.717, 1.165) is 6.42 Å². The van der Waals surface area contributed by atoms with E-state index in [4.69, 9.17) is 4.74 Å². The number of carbonyl (C=O) groups excluding carboxylic acids is 1. The third-order valence-corrected chi connectivity index (χ3v) is 3.98. The number of esters is 1. The number of ether oxygens (including phenoxy) is 1. The van der Waals surface area contributed by atoms with Crippen LogP contribution in [0.2, 0.25) is 0 Å². The van der Waals surface area contributed by atoms with Crippen LogP contribution in [0, 0.1) is 5.92 Å². The van der Waals surface area contributed by atoms with Crippen LogP contribution in [-0.4, -0.2) is 12.6 Å². The number of rotatable bonds is 3. The molecule has 0 spiro atoms. The Morgan fingerprint density at radius 3 is 2.55 bits per heavy atom. The summed E-state index contributed by atoms with van der Waals surface area (Å²) < 4.78 is 5.27. The summed E-state index contributed by atoms with van der Waals surface area (Å²) in [6, 6.07) is 18.6. The van der Waals surface area contributed by atoms with Gasteiger partial charge in [0.1, 0.15) is 0 Å². The molecule has 0 heterocycles.